The van der Waals surface area contributed by atoms with Gasteiger partial charge in [0.05, 0.1) is 7.11 Å². The molecule has 0 saturated carbocycles. The lowest BCUT2D eigenvalue weighted by molar-refractivity contribution is -0.124. The summed E-state index contributed by atoms with van der Waals surface area (Å²) in [6.07, 6.45) is 1.55. The van der Waals surface area contributed by atoms with Crippen LogP contribution in [0.1, 0.15) is 30.8 Å². The van der Waals surface area contributed by atoms with Crippen molar-refractivity contribution in [1.29, 1.82) is 0 Å². The molecule has 9 heteroatoms. The number of hydrogen-bond acceptors (Lipinski definition) is 6. The molecule has 0 fully saturated rings. The third-order valence-electron chi connectivity index (χ3n) is 3.85. The molecule has 1 amide bonds. The molecule has 144 valence electrons. The SMILES string of the molecule is CCCNCCNC(=O)C(Cc1cccc(OC)c1)n1nnnc1C.Cl. The van der Waals surface area contributed by atoms with E-state index in [-0.39, 0.29) is 18.3 Å². The fourth-order valence-corrected chi connectivity index (χ4v) is 2.53. The van der Waals surface area contributed by atoms with E-state index in [9.17, 15) is 4.79 Å². The van der Waals surface area contributed by atoms with Gasteiger partial charge in [0.15, 0.2) is 0 Å². The molecule has 1 heterocycles. The summed E-state index contributed by atoms with van der Waals surface area (Å²) < 4.78 is 6.82. The number of carbonyl (C=O) groups excluding carboxylic acids is 1. The van der Waals surface area contributed by atoms with Gasteiger partial charge in [0.25, 0.3) is 0 Å². The zero-order valence-electron chi connectivity index (χ0n) is 15.4. The number of hydrogen-bond donors (Lipinski definition) is 2. The van der Waals surface area contributed by atoms with E-state index in [1.165, 1.54) is 0 Å². The van der Waals surface area contributed by atoms with Crippen molar-refractivity contribution in [2.45, 2.75) is 32.7 Å². The summed E-state index contributed by atoms with van der Waals surface area (Å²) in [5.74, 6) is 1.26. The Morgan fingerprint density at radius 3 is 2.77 bits per heavy atom. The van der Waals surface area contributed by atoms with Crippen molar-refractivity contribution >= 4 is 18.3 Å². The van der Waals surface area contributed by atoms with Gasteiger partial charge in [0, 0.05) is 19.5 Å². The number of ether oxygens (including phenoxy) is 1. The minimum Gasteiger partial charge on any atom is -0.497 e. The van der Waals surface area contributed by atoms with Crippen molar-refractivity contribution in [1.82, 2.24) is 30.8 Å². The maximum absolute atomic E-state index is 12.7. The Hall–Kier alpha value is -2.19. The van der Waals surface area contributed by atoms with E-state index in [1.807, 2.05) is 24.3 Å². The van der Waals surface area contributed by atoms with Crippen molar-refractivity contribution < 1.29 is 9.53 Å². The average Bonchev–Trinajstić information content (AvgIpc) is 3.05. The highest BCUT2D eigenvalue weighted by molar-refractivity contribution is 5.85. The number of amides is 1. The van der Waals surface area contributed by atoms with Crippen LogP contribution in [0.5, 0.6) is 5.75 Å². The summed E-state index contributed by atoms with van der Waals surface area (Å²) >= 11 is 0. The van der Waals surface area contributed by atoms with Crippen LogP contribution < -0.4 is 15.4 Å². The number of aryl methyl sites for hydroxylation is 1. The van der Waals surface area contributed by atoms with Crippen LogP contribution >= 0.6 is 12.4 Å². The summed E-state index contributed by atoms with van der Waals surface area (Å²) in [5.41, 5.74) is 0.985. The lowest BCUT2D eigenvalue weighted by atomic mass is 10.0. The lowest BCUT2D eigenvalue weighted by Gasteiger charge is -2.18. The second-order valence-corrected chi connectivity index (χ2v) is 5.78. The molecule has 1 aromatic carbocycles. The first-order valence-corrected chi connectivity index (χ1v) is 8.51. The summed E-state index contributed by atoms with van der Waals surface area (Å²) in [6.45, 7) is 6.13. The van der Waals surface area contributed by atoms with Crippen LogP contribution in [-0.2, 0) is 11.2 Å². The van der Waals surface area contributed by atoms with Crippen LogP contribution in [0.3, 0.4) is 0 Å². The van der Waals surface area contributed by atoms with Gasteiger partial charge in [-0.2, -0.15) is 0 Å². The summed E-state index contributed by atoms with van der Waals surface area (Å²) in [5, 5.41) is 17.8. The number of methoxy groups -OCH3 is 1. The molecule has 0 aliphatic heterocycles. The van der Waals surface area contributed by atoms with E-state index in [2.05, 4.69) is 33.1 Å². The van der Waals surface area contributed by atoms with Gasteiger partial charge >= 0.3 is 0 Å². The largest absolute Gasteiger partial charge is 0.497 e. The van der Waals surface area contributed by atoms with Gasteiger partial charge < -0.3 is 15.4 Å². The molecule has 0 spiro atoms. The highest BCUT2D eigenvalue weighted by Crippen LogP contribution is 2.19. The lowest BCUT2D eigenvalue weighted by Crippen LogP contribution is -2.38. The maximum Gasteiger partial charge on any atom is 0.245 e. The molecule has 0 aliphatic carbocycles. The molecular formula is C17H27ClN6O2. The first-order chi connectivity index (χ1) is 12.2. The molecule has 2 N–H and O–H groups in total. The van der Waals surface area contributed by atoms with E-state index in [0.29, 0.717) is 18.8 Å². The van der Waals surface area contributed by atoms with Gasteiger partial charge in [-0.05, 0) is 48.0 Å². The third-order valence-corrected chi connectivity index (χ3v) is 3.85. The van der Waals surface area contributed by atoms with Gasteiger partial charge in [0.2, 0.25) is 5.91 Å². The zero-order chi connectivity index (χ0) is 18.1. The fourth-order valence-electron chi connectivity index (χ4n) is 2.53. The quantitative estimate of drug-likeness (QED) is 0.602. The Morgan fingerprint density at radius 2 is 2.12 bits per heavy atom. The van der Waals surface area contributed by atoms with Gasteiger partial charge in [0.1, 0.15) is 17.6 Å². The number of rotatable bonds is 10. The average molecular weight is 383 g/mol. The molecule has 1 atom stereocenters. The number of carbonyl (C=O) groups is 1. The summed E-state index contributed by atoms with van der Waals surface area (Å²) in [7, 11) is 1.62. The van der Waals surface area contributed by atoms with Gasteiger partial charge in [-0.15, -0.1) is 17.5 Å². The van der Waals surface area contributed by atoms with Crippen molar-refractivity contribution in [2.75, 3.05) is 26.7 Å². The van der Waals surface area contributed by atoms with Crippen LogP contribution in [0, 0.1) is 6.92 Å². The highest BCUT2D eigenvalue weighted by atomic mass is 35.5. The first-order valence-electron chi connectivity index (χ1n) is 8.51. The Labute approximate surface area is 160 Å². The molecule has 0 saturated heterocycles. The number of nitrogens with one attached hydrogen (secondary N) is 2. The van der Waals surface area contributed by atoms with Gasteiger partial charge in [-0.1, -0.05) is 19.1 Å². The predicted octanol–water partition coefficient (Wildman–Crippen LogP) is 1.31. The maximum atomic E-state index is 12.7. The highest BCUT2D eigenvalue weighted by Gasteiger charge is 2.24. The Bertz CT molecular complexity index is 679. The first kappa shape index (κ1) is 21.9. The molecule has 8 nitrogen and oxygen atoms in total. The third kappa shape index (κ3) is 6.27. The van der Waals surface area contributed by atoms with Crippen LogP contribution in [0.2, 0.25) is 0 Å². The Kier molecular flexibility index (Phi) is 9.61. The second-order valence-electron chi connectivity index (χ2n) is 5.78. The molecule has 2 aromatic rings. The van der Waals surface area contributed by atoms with Gasteiger partial charge in [-0.25, -0.2) is 4.68 Å². The molecule has 2 rings (SSSR count). The van der Waals surface area contributed by atoms with Crippen LogP contribution in [-0.4, -0.2) is 52.9 Å². The smallest absolute Gasteiger partial charge is 0.245 e. The Morgan fingerprint density at radius 1 is 1.31 bits per heavy atom. The van der Waals surface area contributed by atoms with Crippen molar-refractivity contribution in [2.24, 2.45) is 0 Å². The molecule has 1 aromatic heterocycles. The number of aromatic nitrogens is 4. The minimum atomic E-state index is -0.506. The van der Waals surface area contributed by atoms with Crippen LogP contribution in [0.25, 0.3) is 0 Å². The minimum absolute atomic E-state index is 0. The molecule has 0 bridgehead atoms. The normalized spacial score (nSPS) is 11.5. The molecule has 0 radical (unpaired) electrons. The monoisotopic (exact) mass is 382 g/mol. The van der Waals surface area contributed by atoms with Gasteiger partial charge in [-0.3, -0.25) is 4.79 Å². The molecule has 1 unspecified atom stereocenters. The molecule has 26 heavy (non-hydrogen) atoms. The summed E-state index contributed by atoms with van der Waals surface area (Å²) in [4.78, 5) is 12.7. The van der Waals surface area contributed by atoms with E-state index in [4.69, 9.17) is 4.74 Å². The topological polar surface area (TPSA) is 94.0 Å². The Balaban J connectivity index is 0.00000338. The van der Waals surface area contributed by atoms with E-state index >= 15 is 0 Å². The summed E-state index contributed by atoms with van der Waals surface area (Å²) in [6, 6.07) is 7.16. The van der Waals surface area contributed by atoms with Crippen LogP contribution in [0.4, 0.5) is 0 Å². The van der Waals surface area contributed by atoms with E-state index < -0.39 is 6.04 Å². The van der Waals surface area contributed by atoms with E-state index in [0.717, 1.165) is 30.8 Å². The predicted molar refractivity (Wildman–Crippen MR) is 102 cm³/mol. The number of benzene rings is 1. The number of nitrogens with zero attached hydrogens (tertiary/aromatic N) is 4. The molecule has 0 aliphatic rings. The zero-order valence-corrected chi connectivity index (χ0v) is 16.3. The van der Waals surface area contributed by atoms with E-state index in [1.54, 1.807) is 18.7 Å². The second kappa shape index (κ2) is 11.4. The van der Waals surface area contributed by atoms with Crippen molar-refractivity contribution in [3.8, 4) is 5.75 Å². The van der Waals surface area contributed by atoms with Crippen LogP contribution in [0.15, 0.2) is 24.3 Å². The standard InChI is InChI=1S/C17H26N6O2.ClH/c1-4-8-18-9-10-19-17(24)16(23-13(2)20-21-22-23)12-14-6-5-7-15(11-14)25-3;/h5-7,11,16,18H,4,8-10,12H2,1-3H3,(H,19,24);1H. The molecular weight excluding hydrogens is 356 g/mol. The van der Waals surface area contributed by atoms with Crippen molar-refractivity contribution in [3.63, 3.8) is 0 Å². The number of halogens is 1. The number of tetrazole rings is 1. The van der Waals surface area contributed by atoms with Crippen molar-refractivity contribution in [3.05, 3.63) is 35.7 Å². The fraction of sp³-hybridized carbons (Fsp3) is 0.529.